The Labute approximate surface area is 104 Å². The molecule has 0 unspecified atom stereocenters. The van der Waals surface area contributed by atoms with Crippen LogP contribution in [-0.4, -0.2) is 26.3 Å². The summed E-state index contributed by atoms with van der Waals surface area (Å²) in [6.07, 6.45) is 6.09. The van der Waals surface area contributed by atoms with E-state index in [4.69, 9.17) is 17.3 Å². The second-order valence-electron chi connectivity index (χ2n) is 3.47. The Bertz CT molecular complexity index is 470. The van der Waals surface area contributed by atoms with Crippen molar-refractivity contribution in [3.8, 4) is 0 Å². The van der Waals surface area contributed by atoms with Crippen LogP contribution in [0.2, 0.25) is 5.02 Å². The lowest BCUT2D eigenvalue weighted by atomic mass is 10.4. The van der Waals surface area contributed by atoms with Crippen LogP contribution in [0.3, 0.4) is 0 Å². The monoisotopic (exact) mass is 252 g/mol. The highest BCUT2D eigenvalue weighted by Gasteiger charge is 2.02. The summed E-state index contributed by atoms with van der Waals surface area (Å²) in [6.45, 7) is 1.59. The van der Waals surface area contributed by atoms with Crippen LogP contribution in [0.4, 0.5) is 11.8 Å². The van der Waals surface area contributed by atoms with Gasteiger partial charge in [-0.1, -0.05) is 11.6 Å². The molecule has 0 spiro atoms. The molecule has 6 nitrogen and oxygen atoms in total. The molecule has 0 saturated carbocycles. The van der Waals surface area contributed by atoms with Gasteiger partial charge < -0.3 is 11.1 Å². The van der Waals surface area contributed by atoms with Gasteiger partial charge in [-0.05, 0) is 12.5 Å². The molecule has 90 valence electrons. The van der Waals surface area contributed by atoms with E-state index in [9.17, 15) is 0 Å². The molecular weight excluding hydrogens is 240 g/mol. The van der Waals surface area contributed by atoms with Crippen LogP contribution in [0.15, 0.2) is 24.7 Å². The molecule has 7 heteroatoms. The predicted octanol–water partition coefficient (Wildman–Crippen LogP) is 1.41. The van der Waals surface area contributed by atoms with Crippen molar-refractivity contribution in [1.29, 1.82) is 0 Å². The van der Waals surface area contributed by atoms with Gasteiger partial charge in [-0.15, -0.1) is 0 Å². The van der Waals surface area contributed by atoms with E-state index in [1.807, 2.05) is 16.9 Å². The van der Waals surface area contributed by atoms with Crippen LogP contribution in [0.25, 0.3) is 0 Å². The van der Waals surface area contributed by atoms with E-state index in [2.05, 4.69) is 20.4 Å². The molecule has 2 rings (SSSR count). The van der Waals surface area contributed by atoms with Crippen molar-refractivity contribution in [2.24, 2.45) is 0 Å². The number of aryl methyl sites for hydroxylation is 1. The Morgan fingerprint density at radius 3 is 3.12 bits per heavy atom. The van der Waals surface area contributed by atoms with Crippen molar-refractivity contribution in [3.05, 3.63) is 29.7 Å². The third-order valence-corrected chi connectivity index (χ3v) is 2.45. The second-order valence-corrected chi connectivity index (χ2v) is 3.88. The summed E-state index contributed by atoms with van der Waals surface area (Å²) in [7, 11) is 0. The van der Waals surface area contributed by atoms with E-state index in [0.717, 1.165) is 19.5 Å². The summed E-state index contributed by atoms with van der Waals surface area (Å²) in [5, 5.41) is 7.69. The normalized spacial score (nSPS) is 10.4. The summed E-state index contributed by atoms with van der Waals surface area (Å²) in [6, 6.07) is 1.90. The van der Waals surface area contributed by atoms with E-state index in [1.54, 1.807) is 6.20 Å². The van der Waals surface area contributed by atoms with Crippen molar-refractivity contribution in [2.75, 3.05) is 17.6 Å². The van der Waals surface area contributed by atoms with Gasteiger partial charge in [0.1, 0.15) is 10.8 Å². The fourth-order valence-electron chi connectivity index (χ4n) is 1.39. The molecule has 0 aliphatic carbocycles. The molecule has 0 radical (unpaired) electrons. The first-order valence-electron chi connectivity index (χ1n) is 5.25. The first-order chi connectivity index (χ1) is 8.25. The van der Waals surface area contributed by atoms with Crippen molar-refractivity contribution >= 4 is 23.4 Å². The van der Waals surface area contributed by atoms with E-state index in [1.165, 1.54) is 6.20 Å². The zero-order valence-electron chi connectivity index (χ0n) is 9.17. The van der Waals surface area contributed by atoms with Gasteiger partial charge in [-0.3, -0.25) is 4.68 Å². The summed E-state index contributed by atoms with van der Waals surface area (Å²) in [4.78, 5) is 7.80. The maximum absolute atomic E-state index is 5.91. The predicted molar refractivity (Wildman–Crippen MR) is 66.8 cm³/mol. The van der Waals surface area contributed by atoms with Gasteiger partial charge in [0.05, 0.1) is 6.20 Å². The third kappa shape index (κ3) is 3.32. The maximum atomic E-state index is 5.91. The van der Waals surface area contributed by atoms with Crippen molar-refractivity contribution in [2.45, 2.75) is 13.0 Å². The summed E-state index contributed by atoms with van der Waals surface area (Å²) in [5.74, 6) is 0.781. The number of hydrogen-bond donors (Lipinski definition) is 2. The zero-order valence-corrected chi connectivity index (χ0v) is 9.93. The lowest BCUT2D eigenvalue weighted by Crippen LogP contribution is -2.09. The lowest BCUT2D eigenvalue weighted by Gasteiger charge is -2.07. The van der Waals surface area contributed by atoms with E-state index < -0.39 is 0 Å². The number of nitrogen functional groups attached to an aromatic ring is 1. The zero-order chi connectivity index (χ0) is 12.1. The Kier molecular flexibility index (Phi) is 3.77. The van der Waals surface area contributed by atoms with Gasteiger partial charge in [-0.2, -0.15) is 10.1 Å². The molecule has 0 fully saturated rings. The van der Waals surface area contributed by atoms with Crippen LogP contribution < -0.4 is 11.1 Å². The average Bonchev–Trinajstić information content (AvgIpc) is 2.82. The van der Waals surface area contributed by atoms with Crippen molar-refractivity contribution in [3.63, 3.8) is 0 Å². The molecule has 2 aromatic rings. The number of nitrogens with one attached hydrogen (secondary N) is 1. The fraction of sp³-hybridized carbons (Fsp3) is 0.300. The fourth-order valence-corrected chi connectivity index (χ4v) is 1.54. The first kappa shape index (κ1) is 11.7. The standard InChI is InChI=1S/C10H13ClN6/c11-8-7-14-10(12)16-9(8)13-3-1-5-17-6-2-4-15-17/h2,4,6-7H,1,3,5H2,(H3,12,13,14,16). The van der Waals surface area contributed by atoms with Gasteiger partial charge in [0.15, 0.2) is 0 Å². The molecule has 2 aromatic heterocycles. The van der Waals surface area contributed by atoms with Crippen molar-refractivity contribution in [1.82, 2.24) is 19.7 Å². The Hall–Kier alpha value is -1.82. The quantitative estimate of drug-likeness (QED) is 0.787. The van der Waals surface area contributed by atoms with Gasteiger partial charge in [-0.25, -0.2) is 4.98 Å². The van der Waals surface area contributed by atoms with Crippen LogP contribution in [0, 0.1) is 0 Å². The molecule has 0 aromatic carbocycles. The number of anilines is 2. The number of nitrogens with zero attached hydrogens (tertiary/aromatic N) is 4. The third-order valence-electron chi connectivity index (χ3n) is 2.18. The minimum absolute atomic E-state index is 0.212. The number of rotatable bonds is 5. The number of halogens is 1. The average molecular weight is 253 g/mol. The highest BCUT2D eigenvalue weighted by Crippen LogP contribution is 2.17. The topological polar surface area (TPSA) is 81.6 Å². The largest absolute Gasteiger partial charge is 0.369 e. The molecule has 0 bridgehead atoms. The highest BCUT2D eigenvalue weighted by molar-refractivity contribution is 6.32. The van der Waals surface area contributed by atoms with Gasteiger partial charge in [0, 0.05) is 25.5 Å². The molecule has 0 saturated heterocycles. The highest BCUT2D eigenvalue weighted by atomic mass is 35.5. The van der Waals surface area contributed by atoms with Crippen LogP contribution in [-0.2, 0) is 6.54 Å². The maximum Gasteiger partial charge on any atom is 0.222 e. The smallest absolute Gasteiger partial charge is 0.222 e. The minimum Gasteiger partial charge on any atom is -0.369 e. The second kappa shape index (κ2) is 5.49. The lowest BCUT2D eigenvalue weighted by molar-refractivity contribution is 0.591. The number of nitrogens with two attached hydrogens (primary N) is 1. The molecule has 0 atom stereocenters. The summed E-state index contributed by atoms with van der Waals surface area (Å²) >= 11 is 5.91. The molecule has 17 heavy (non-hydrogen) atoms. The van der Waals surface area contributed by atoms with E-state index in [-0.39, 0.29) is 5.95 Å². The molecule has 0 aliphatic heterocycles. The summed E-state index contributed by atoms with van der Waals surface area (Å²) in [5.41, 5.74) is 5.47. The molecule has 3 N–H and O–H groups in total. The van der Waals surface area contributed by atoms with Crippen LogP contribution in [0.5, 0.6) is 0 Å². The molecular formula is C10H13ClN6. The van der Waals surface area contributed by atoms with E-state index >= 15 is 0 Å². The number of aromatic nitrogens is 4. The Morgan fingerprint density at radius 1 is 1.47 bits per heavy atom. The number of hydrogen-bond acceptors (Lipinski definition) is 5. The SMILES string of the molecule is Nc1ncc(Cl)c(NCCCn2cccn2)n1. The first-order valence-corrected chi connectivity index (χ1v) is 5.63. The van der Waals surface area contributed by atoms with Gasteiger partial charge in [0.2, 0.25) is 5.95 Å². The van der Waals surface area contributed by atoms with Crippen LogP contribution in [0.1, 0.15) is 6.42 Å². The minimum atomic E-state index is 0.212. The molecule has 0 aliphatic rings. The Balaban J connectivity index is 1.80. The van der Waals surface area contributed by atoms with Crippen molar-refractivity contribution < 1.29 is 0 Å². The molecule has 0 amide bonds. The summed E-state index contributed by atoms with van der Waals surface area (Å²) < 4.78 is 1.87. The van der Waals surface area contributed by atoms with E-state index in [0.29, 0.717) is 10.8 Å². The molecule has 2 heterocycles. The Morgan fingerprint density at radius 2 is 2.35 bits per heavy atom. The van der Waals surface area contributed by atoms with Gasteiger partial charge >= 0.3 is 0 Å². The van der Waals surface area contributed by atoms with Gasteiger partial charge in [0.25, 0.3) is 0 Å². The van der Waals surface area contributed by atoms with Crippen LogP contribution >= 0.6 is 11.6 Å².